The van der Waals surface area contributed by atoms with E-state index in [4.69, 9.17) is 10.8 Å². The highest BCUT2D eigenvalue weighted by Crippen LogP contribution is 2.02. The minimum atomic E-state index is -1.21. The first-order valence-electron chi connectivity index (χ1n) is 3.70. The maximum atomic E-state index is 10.4. The summed E-state index contributed by atoms with van der Waals surface area (Å²) in [7, 11) is 0. The van der Waals surface area contributed by atoms with Gasteiger partial charge in [-0.15, -0.1) is 0 Å². The molecule has 0 aromatic heterocycles. The van der Waals surface area contributed by atoms with Crippen molar-refractivity contribution in [2.45, 2.75) is 32.2 Å². The largest absolute Gasteiger partial charge is 0.480 e. The zero-order valence-corrected chi connectivity index (χ0v) is 7.00. The number of aliphatic carboxylic acids is 1. The predicted octanol–water partition coefficient (Wildman–Crippen LogP) is 1.14. The third-order valence-electron chi connectivity index (χ3n) is 1.38. The normalized spacial score (nSPS) is 16.6. The fraction of sp³-hybridized carbons (Fsp3) is 0.625. The van der Waals surface area contributed by atoms with Gasteiger partial charge in [-0.2, -0.15) is 0 Å². The lowest BCUT2D eigenvalue weighted by atomic mass is 10.0. The molecular formula is C8H15NO2. The lowest BCUT2D eigenvalue weighted by molar-refractivity contribution is -0.140. The second kappa shape index (κ2) is 4.13. The molecule has 1 atom stereocenters. The third kappa shape index (κ3) is 3.78. The molecule has 0 saturated carbocycles. The second-order valence-electron chi connectivity index (χ2n) is 2.78. The van der Waals surface area contributed by atoms with E-state index in [1.54, 1.807) is 6.08 Å². The van der Waals surface area contributed by atoms with E-state index in [0.29, 0.717) is 0 Å². The van der Waals surface area contributed by atoms with Crippen molar-refractivity contribution in [2.24, 2.45) is 5.73 Å². The number of hydrogen-bond donors (Lipinski definition) is 2. The topological polar surface area (TPSA) is 63.3 Å². The molecule has 0 spiro atoms. The number of hydrogen-bond acceptors (Lipinski definition) is 2. The van der Waals surface area contributed by atoms with Crippen molar-refractivity contribution in [3.8, 4) is 0 Å². The van der Waals surface area contributed by atoms with Crippen LogP contribution in [0, 0.1) is 0 Å². The van der Waals surface area contributed by atoms with E-state index >= 15 is 0 Å². The molecule has 3 N–H and O–H groups in total. The molecule has 3 nitrogen and oxygen atoms in total. The highest BCUT2D eigenvalue weighted by atomic mass is 16.4. The predicted molar refractivity (Wildman–Crippen MR) is 44.3 cm³/mol. The number of unbranched alkanes of at least 4 members (excludes halogenated alkanes) is 1. The van der Waals surface area contributed by atoms with E-state index in [1.165, 1.54) is 13.0 Å². The van der Waals surface area contributed by atoms with Crippen molar-refractivity contribution in [3.63, 3.8) is 0 Å². The van der Waals surface area contributed by atoms with Crippen molar-refractivity contribution in [2.75, 3.05) is 0 Å². The summed E-state index contributed by atoms with van der Waals surface area (Å²) >= 11 is 0. The highest BCUT2D eigenvalue weighted by Gasteiger charge is 2.23. The van der Waals surface area contributed by atoms with Crippen molar-refractivity contribution >= 4 is 5.97 Å². The summed E-state index contributed by atoms with van der Waals surface area (Å²) in [4.78, 5) is 10.4. The smallest absolute Gasteiger partial charge is 0.327 e. The van der Waals surface area contributed by atoms with Crippen LogP contribution in [0.5, 0.6) is 0 Å². The molecule has 64 valence electrons. The minimum absolute atomic E-state index is 0.875. The molecule has 0 aliphatic rings. The van der Waals surface area contributed by atoms with Crippen LogP contribution in [-0.2, 0) is 4.79 Å². The Hall–Kier alpha value is -0.830. The van der Waals surface area contributed by atoms with Gasteiger partial charge in [0.25, 0.3) is 0 Å². The van der Waals surface area contributed by atoms with E-state index in [0.717, 1.165) is 12.8 Å². The molecule has 3 heteroatoms. The second-order valence-corrected chi connectivity index (χ2v) is 2.78. The van der Waals surface area contributed by atoms with E-state index in [1.807, 2.05) is 6.92 Å². The SMILES string of the molecule is CCCC=C[C@](C)(N)C(=O)O. The number of carboxylic acids is 1. The summed E-state index contributed by atoms with van der Waals surface area (Å²) < 4.78 is 0. The van der Waals surface area contributed by atoms with Crippen LogP contribution in [0.3, 0.4) is 0 Å². The Bertz CT molecular complexity index is 161. The van der Waals surface area contributed by atoms with Crippen LogP contribution in [-0.4, -0.2) is 16.6 Å². The molecule has 0 aliphatic carbocycles. The maximum Gasteiger partial charge on any atom is 0.327 e. The molecule has 0 fully saturated rings. The van der Waals surface area contributed by atoms with Crippen LogP contribution >= 0.6 is 0 Å². The van der Waals surface area contributed by atoms with Crippen LogP contribution in [0.1, 0.15) is 26.7 Å². The summed E-state index contributed by atoms with van der Waals surface area (Å²) in [6.07, 6.45) is 5.21. The first kappa shape index (κ1) is 10.2. The summed E-state index contributed by atoms with van der Waals surface area (Å²) in [6, 6.07) is 0. The summed E-state index contributed by atoms with van der Waals surface area (Å²) in [6.45, 7) is 3.50. The van der Waals surface area contributed by atoms with Gasteiger partial charge in [-0.25, -0.2) is 4.79 Å². The van der Waals surface area contributed by atoms with Crippen molar-refractivity contribution in [1.82, 2.24) is 0 Å². The lowest BCUT2D eigenvalue weighted by Gasteiger charge is -2.12. The molecule has 0 aromatic rings. The highest BCUT2D eigenvalue weighted by molar-refractivity contribution is 5.80. The van der Waals surface area contributed by atoms with E-state index in [-0.39, 0.29) is 0 Å². The molecule has 0 saturated heterocycles. The van der Waals surface area contributed by atoms with Gasteiger partial charge in [-0.05, 0) is 13.3 Å². The van der Waals surface area contributed by atoms with Crippen LogP contribution in [0.4, 0.5) is 0 Å². The van der Waals surface area contributed by atoms with Crippen molar-refractivity contribution in [3.05, 3.63) is 12.2 Å². The molecule has 0 aromatic carbocycles. The van der Waals surface area contributed by atoms with Gasteiger partial charge in [0.15, 0.2) is 0 Å². The summed E-state index contributed by atoms with van der Waals surface area (Å²) in [5.41, 5.74) is 4.20. The van der Waals surface area contributed by atoms with Crippen LogP contribution in [0.2, 0.25) is 0 Å². The van der Waals surface area contributed by atoms with E-state index in [2.05, 4.69) is 0 Å². The van der Waals surface area contributed by atoms with Gasteiger partial charge in [-0.3, -0.25) is 0 Å². The monoisotopic (exact) mass is 157 g/mol. The van der Waals surface area contributed by atoms with Gasteiger partial charge in [0, 0.05) is 0 Å². The van der Waals surface area contributed by atoms with Crippen LogP contribution in [0.25, 0.3) is 0 Å². The van der Waals surface area contributed by atoms with Crippen molar-refractivity contribution < 1.29 is 9.90 Å². The Labute approximate surface area is 66.9 Å². The number of carboxylic acid groups (broad SMARTS) is 1. The van der Waals surface area contributed by atoms with Gasteiger partial charge >= 0.3 is 5.97 Å². The Morgan fingerprint density at radius 1 is 1.73 bits per heavy atom. The van der Waals surface area contributed by atoms with Gasteiger partial charge in [-0.1, -0.05) is 25.5 Å². The van der Waals surface area contributed by atoms with Gasteiger partial charge < -0.3 is 10.8 Å². The molecule has 0 amide bonds. The maximum absolute atomic E-state index is 10.4. The molecule has 0 aliphatic heterocycles. The van der Waals surface area contributed by atoms with Gasteiger partial charge in [0.2, 0.25) is 0 Å². The van der Waals surface area contributed by atoms with Crippen LogP contribution < -0.4 is 5.73 Å². The molecular weight excluding hydrogens is 142 g/mol. The average Bonchev–Trinajstić information content (AvgIpc) is 1.88. The lowest BCUT2D eigenvalue weighted by Crippen LogP contribution is -2.42. The molecule has 0 heterocycles. The Balaban J connectivity index is 4.00. The standard InChI is InChI=1S/C8H15NO2/c1-3-4-5-6-8(2,9)7(10)11/h5-6H,3-4,9H2,1-2H3,(H,10,11)/t8-/m0/s1. The van der Waals surface area contributed by atoms with Crippen molar-refractivity contribution in [1.29, 1.82) is 0 Å². The van der Waals surface area contributed by atoms with Crippen LogP contribution in [0.15, 0.2) is 12.2 Å². The number of carbonyl (C=O) groups is 1. The molecule has 0 bridgehead atoms. The number of rotatable bonds is 4. The molecule has 0 radical (unpaired) electrons. The molecule has 0 rings (SSSR count). The van der Waals surface area contributed by atoms with Gasteiger partial charge in [0.05, 0.1) is 0 Å². The first-order valence-corrected chi connectivity index (χ1v) is 3.70. The Morgan fingerprint density at radius 2 is 2.27 bits per heavy atom. The first-order chi connectivity index (χ1) is 5.00. The fourth-order valence-corrected chi connectivity index (χ4v) is 0.566. The number of allylic oxidation sites excluding steroid dienone is 1. The fourth-order valence-electron chi connectivity index (χ4n) is 0.566. The number of nitrogens with two attached hydrogens (primary N) is 1. The molecule has 0 unspecified atom stereocenters. The van der Waals surface area contributed by atoms with E-state index < -0.39 is 11.5 Å². The zero-order chi connectivity index (χ0) is 8.91. The Kier molecular flexibility index (Phi) is 3.82. The third-order valence-corrected chi connectivity index (χ3v) is 1.38. The summed E-state index contributed by atoms with van der Waals surface area (Å²) in [5.74, 6) is -0.996. The average molecular weight is 157 g/mol. The van der Waals surface area contributed by atoms with E-state index in [9.17, 15) is 4.79 Å². The summed E-state index contributed by atoms with van der Waals surface area (Å²) in [5, 5.41) is 8.56. The quantitative estimate of drug-likeness (QED) is 0.601. The Morgan fingerprint density at radius 3 is 2.64 bits per heavy atom. The zero-order valence-electron chi connectivity index (χ0n) is 7.00. The van der Waals surface area contributed by atoms with Gasteiger partial charge in [0.1, 0.15) is 5.54 Å². The minimum Gasteiger partial charge on any atom is -0.480 e. The molecule has 11 heavy (non-hydrogen) atoms.